The molecule has 2 heterocycles. The molecule has 0 aliphatic heterocycles. The van der Waals surface area contributed by atoms with E-state index in [2.05, 4.69) is 50.0 Å². The van der Waals surface area contributed by atoms with E-state index in [0.717, 1.165) is 37.3 Å². The standard InChI is InChI=1S/C17H27N3O/c1-5-9-18-16(17-13(3)8-11-21-17)12-15-7-10-20(19-15)14(4)6-2/h7-8,10-11,14,16,18H,5-6,9,12H2,1-4H3. The summed E-state index contributed by atoms with van der Waals surface area (Å²) >= 11 is 0. The molecule has 1 N–H and O–H groups in total. The summed E-state index contributed by atoms with van der Waals surface area (Å²) in [7, 11) is 0. The Morgan fingerprint density at radius 1 is 1.33 bits per heavy atom. The summed E-state index contributed by atoms with van der Waals surface area (Å²) in [5, 5.41) is 8.27. The lowest BCUT2D eigenvalue weighted by atomic mass is 10.1. The van der Waals surface area contributed by atoms with Gasteiger partial charge >= 0.3 is 0 Å². The summed E-state index contributed by atoms with van der Waals surface area (Å²) in [6.07, 6.45) is 6.91. The van der Waals surface area contributed by atoms with E-state index in [1.807, 2.05) is 6.07 Å². The summed E-state index contributed by atoms with van der Waals surface area (Å²) < 4.78 is 7.73. The number of aromatic nitrogens is 2. The van der Waals surface area contributed by atoms with Crippen LogP contribution in [0.4, 0.5) is 0 Å². The first-order valence-corrected chi connectivity index (χ1v) is 7.97. The zero-order valence-corrected chi connectivity index (χ0v) is 13.6. The predicted octanol–water partition coefficient (Wildman–Crippen LogP) is 4.04. The number of nitrogens with one attached hydrogen (secondary N) is 1. The molecule has 4 nitrogen and oxygen atoms in total. The number of aryl methyl sites for hydroxylation is 1. The van der Waals surface area contributed by atoms with Crippen LogP contribution in [0.1, 0.15) is 62.7 Å². The van der Waals surface area contributed by atoms with Crippen LogP contribution >= 0.6 is 0 Å². The Labute approximate surface area is 127 Å². The van der Waals surface area contributed by atoms with Crippen LogP contribution in [-0.2, 0) is 6.42 Å². The molecule has 21 heavy (non-hydrogen) atoms. The minimum absolute atomic E-state index is 0.195. The molecule has 0 fully saturated rings. The highest BCUT2D eigenvalue weighted by molar-refractivity contribution is 5.20. The fourth-order valence-electron chi connectivity index (χ4n) is 2.45. The second-order valence-corrected chi connectivity index (χ2v) is 5.72. The first kappa shape index (κ1) is 15.8. The topological polar surface area (TPSA) is 43.0 Å². The average Bonchev–Trinajstić information content (AvgIpc) is 3.11. The van der Waals surface area contributed by atoms with Crippen LogP contribution in [0.2, 0.25) is 0 Å². The van der Waals surface area contributed by atoms with Gasteiger partial charge in [0.15, 0.2) is 0 Å². The minimum Gasteiger partial charge on any atom is -0.467 e. The van der Waals surface area contributed by atoms with E-state index in [4.69, 9.17) is 9.52 Å². The SMILES string of the molecule is CCCNC(Cc1ccn(C(C)CC)n1)c1occc1C. The number of rotatable bonds is 8. The molecule has 0 saturated carbocycles. The molecule has 0 spiro atoms. The quantitative estimate of drug-likeness (QED) is 0.797. The van der Waals surface area contributed by atoms with Crippen molar-refractivity contribution in [3.8, 4) is 0 Å². The Kier molecular flexibility index (Phi) is 5.62. The van der Waals surface area contributed by atoms with E-state index in [1.165, 1.54) is 5.56 Å². The largest absolute Gasteiger partial charge is 0.467 e. The van der Waals surface area contributed by atoms with Crippen molar-refractivity contribution in [2.75, 3.05) is 6.54 Å². The Morgan fingerprint density at radius 2 is 2.14 bits per heavy atom. The maximum Gasteiger partial charge on any atom is 0.123 e. The van der Waals surface area contributed by atoms with Crippen LogP contribution in [0.5, 0.6) is 0 Å². The number of furan rings is 1. The first-order valence-electron chi connectivity index (χ1n) is 7.97. The highest BCUT2D eigenvalue weighted by Crippen LogP contribution is 2.22. The number of hydrogen-bond acceptors (Lipinski definition) is 3. The van der Waals surface area contributed by atoms with E-state index in [1.54, 1.807) is 6.26 Å². The Morgan fingerprint density at radius 3 is 2.76 bits per heavy atom. The molecule has 4 heteroatoms. The van der Waals surface area contributed by atoms with Gasteiger partial charge in [-0.1, -0.05) is 13.8 Å². The number of nitrogens with zero attached hydrogens (tertiary/aromatic N) is 2. The van der Waals surface area contributed by atoms with Crippen molar-refractivity contribution in [2.24, 2.45) is 0 Å². The van der Waals surface area contributed by atoms with Gasteiger partial charge in [0, 0.05) is 18.7 Å². The maximum atomic E-state index is 5.67. The summed E-state index contributed by atoms with van der Waals surface area (Å²) in [6.45, 7) is 9.63. The van der Waals surface area contributed by atoms with Crippen LogP contribution < -0.4 is 5.32 Å². The Bertz CT molecular complexity index is 544. The highest BCUT2D eigenvalue weighted by atomic mass is 16.3. The lowest BCUT2D eigenvalue weighted by Gasteiger charge is -2.16. The zero-order chi connectivity index (χ0) is 15.2. The fourth-order valence-corrected chi connectivity index (χ4v) is 2.45. The van der Waals surface area contributed by atoms with E-state index in [-0.39, 0.29) is 6.04 Å². The predicted molar refractivity (Wildman–Crippen MR) is 85.4 cm³/mol. The van der Waals surface area contributed by atoms with Gasteiger partial charge in [0.25, 0.3) is 0 Å². The highest BCUT2D eigenvalue weighted by Gasteiger charge is 2.18. The smallest absolute Gasteiger partial charge is 0.123 e. The second kappa shape index (κ2) is 7.46. The van der Waals surface area contributed by atoms with Gasteiger partial charge in [0.1, 0.15) is 5.76 Å². The minimum atomic E-state index is 0.195. The van der Waals surface area contributed by atoms with Crippen LogP contribution in [0.15, 0.2) is 29.0 Å². The van der Waals surface area contributed by atoms with E-state index in [9.17, 15) is 0 Å². The maximum absolute atomic E-state index is 5.67. The van der Waals surface area contributed by atoms with Crippen molar-refractivity contribution in [2.45, 2.75) is 59.0 Å². The van der Waals surface area contributed by atoms with Crippen molar-refractivity contribution >= 4 is 0 Å². The van der Waals surface area contributed by atoms with Gasteiger partial charge < -0.3 is 9.73 Å². The molecule has 0 saturated heterocycles. The van der Waals surface area contributed by atoms with Gasteiger partial charge in [-0.15, -0.1) is 0 Å². The zero-order valence-electron chi connectivity index (χ0n) is 13.6. The van der Waals surface area contributed by atoms with Crippen LogP contribution in [0, 0.1) is 6.92 Å². The molecule has 0 aliphatic rings. The van der Waals surface area contributed by atoms with Crippen molar-refractivity contribution in [3.05, 3.63) is 41.6 Å². The van der Waals surface area contributed by atoms with Gasteiger partial charge in [0.05, 0.1) is 18.0 Å². The van der Waals surface area contributed by atoms with Crippen LogP contribution in [0.3, 0.4) is 0 Å². The van der Waals surface area contributed by atoms with Gasteiger partial charge in [0.2, 0.25) is 0 Å². The van der Waals surface area contributed by atoms with Gasteiger partial charge in [-0.3, -0.25) is 4.68 Å². The normalized spacial score (nSPS) is 14.3. The molecular weight excluding hydrogens is 262 g/mol. The molecular formula is C17H27N3O. The third-order valence-corrected chi connectivity index (χ3v) is 3.98. The molecule has 0 aliphatic carbocycles. The lowest BCUT2D eigenvalue weighted by molar-refractivity contribution is 0.402. The second-order valence-electron chi connectivity index (χ2n) is 5.72. The fraction of sp³-hybridized carbons (Fsp3) is 0.588. The van der Waals surface area contributed by atoms with Crippen molar-refractivity contribution < 1.29 is 4.42 Å². The third-order valence-electron chi connectivity index (χ3n) is 3.98. The molecule has 0 amide bonds. The number of hydrogen-bond donors (Lipinski definition) is 1. The lowest BCUT2D eigenvalue weighted by Crippen LogP contribution is -2.24. The third kappa shape index (κ3) is 3.97. The summed E-state index contributed by atoms with van der Waals surface area (Å²) in [6, 6.07) is 4.78. The molecule has 2 unspecified atom stereocenters. The van der Waals surface area contributed by atoms with Crippen molar-refractivity contribution in [1.82, 2.24) is 15.1 Å². The summed E-state index contributed by atoms with van der Waals surface area (Å²) in [5.74, 6) is 1.03. The van der Waals surface area contributed by atoms with E-state index >= 15 is 0 Å². The summed E-state index contributed by atoms with van der Waals surface area (Å²) in [4.78, 5) is 0. The van der Waals surface area contributed by atoms with Gasteiger partial charge in [-0.25, -0.2) is 0 Å². The molecule has 116 valence electrons. The Hall–Kier alpha value is -1.55. The van der Waals surface area contributed by atoms with Gasteiger partial charge in [-0.2, -0.15) is 5.10 Å². The molecule has 2 aromatic heterocycles. The molecule has 0 bridgehead atoms. The van der Waals surface area contributed by atoms with Crippen LogP contribution in [0.25, 0.3) is 0 Å². The molecule has 2 aromatic rings. The molecule has 2 atom stereocenters. The van der Waals surface area contributed by atoms with Crippen molar-refractivity contribution in [1.29, 1.82) is 0 Å². The first-order chi connectivity index (χ1) is 10.2. The molecule has 0 aromatic carbocycles. The molecule has 0 radical (unpaired) electrons. The van der Waals surface area contributed by atoms with E-state index < -0.39 is 0 Å². The van der Waals surface area contributed by atoms with Crippen molar-refractivity contribution in [3.63, 3.8) is 0 Å². The average molecular weight is 289 g/mol. The summed E-state index contributed by atoms with van der Waals surface area (Å²) in [5.41, 5.74) is 2.31. The molecule has 2 rings (SSSR count). The van der Waals surface area contributed by atoms with E-state index in [0.29, 0.717) is 6.04 Å². The van der Waals surface area contributed by atoms with Crippen LogP contribution in [-0.4, -0.2) is 16.3 Å². The van der Waals surface area contributed by atoms with Gasteiger partial charge in [-0.05, 0) is 50.9 Å². The Balaban J connectivity index is 2.11. The monoisotopic (exact) mass is 289 g/mol.